The molecular formula is C14H17N3. The molecule has 2 atom stereocenters. The van der Waals surface area contributed by atoms with Crippen LogP contribution in [0.2, 0.25) is 0 Å². The van der Waals surface area contributed by atoms with Gasteiger partial charge in [-0.2, -0.15) is 5.26 Å². The number of hydrogen-bond donors (Lipinski definition) is 1. The molecule has 2 bridgehead atoms. The van der Waals surface area contributed by atoms with Crippen molar-refractivity contribution in [3.8, 4) is 6.07 Å². The van der Waals surface area contributed by atoms with Gasteiger partial charge in [0.05, 0.1) is 11.6 Å². The SMILES string of the molecule is N#Cc1ccc(N2C3CCC2CC(N)C3)cc1. The summed E-state index contributed by atoms with van der Waals surface area (Å²) in [5.41, 5.74) is 8.06. The van der Waals surface area contributed by atoms with E-state index in [-0.39, 0.29) is 0 Å². The van der Waals surface area contributed by atoms with E-state index in [1.54, 1.807) is 0 Å². The van der Waals surface area contributed by atoms with Crippen molar-refractivity contribution in [1.29, 1.82) is 5.26 Å². The topological polar surface area (TPSA) is 53.0 Å². The van der Waals surface area contributed by atoms with Gasteiger partial charge in [-0.1, -0.05) is 0 Å². The lowest BCUT2D eigenvalue weighted by molar-refractivity contribution is 0.414. The number of piperidine rings is 1. The van der Waals surface area contributed by atoms with Crippen molar-refractivity contribution in [2.75, 3.05) is 4.90 Å². The molecule has 0 saturated carbocycles. The third kappa shape index (κ3) is 1.79. The van der Waals surface area contributed by atoms with Gasteiger partial charge in [-0.15, -0.1) is 0 Å². The Kier molecular flexibility index (Phi) is 2.53. The van der Waals surface area contributed by atoms with Gasteiger partial charge in [-0.05, 0) is 49.9 Å². The Balaban J connectivity index is 1.87. The van der Waals surface area contributed by atoms with Crippen LogP contribution in [0.25, 0.3) is 0 Å². The van der Waals surface area contributed by atoms with Gasteiger partial charge >= 0.3 is 0 Å². The smallest absolute Gasteiger partial charge is 0.0991 e. The summed E-state index contributed by atoms with van der Waals surface area (Å²) in [7, 11) is 0. The highest BCUT2D eigenvalue weighted by atomic mass is 15.2. The molecule has 2 N–H and O–H groups in total. The number of nitrogens with zero attached hydrogens (tertiary/aromatic N) is 2. The Labute approximate surface area is 102 Å². The first-order valence-electron chi connectivity index (χ1n) is 6.32. The second kappa shape index (κ2) is 4.05. The molecule has 1 aromatic carbocycles. The molecule has 1 aromatic rings. The maximum atomic E-state index is 8.81. The van der Waals surface area contributed by atoms with Crippen molar-refractivity contribution in [1.82, 2.24) is 0 Å². The normalized spacial score (nSPS) is 31.3. The molecule has 2 heterocycles. The third-order valence-corrected chi connectivity index (χ3v) is 4.06. The molecule has 3 rings (SSSR count). The van der Waals surface area contributed by atoms with Crippen LogP contribution in [0.1, 0.15) is 31.2 Å². The average Bonchev–Trinajstić information content (AvgIpc) is 2.62. The van der Waals surface area contributed by atoms with E-state index in [4.69, 9.17) is 11.0 Å². The van der Waals surface area contributed by atoms with Gasteiger partial charge in [0.25, 0.3) is 0 Å². The molecule has 0 spiro atoms. The molecule has 2 fully saturated rings. The first-order chi connectivity index (χ1) is 8.28. The number of anilines is 1. The highest BCUT2D eigenvalue weighted by Crippen LogP contribution is 2.38. The summed E-state index contributed by atoms with van der Waals surface area (Å²) in [5.74, 6) is 0. The number of hydrogen-bond acceptors (Lipinski definition) is 3. The number of rotatable bonds is 1. The van der Waals surface area contributed by atoms with Gasteiger partial charge in [0, 0.05) is 23.8 Å². The zero-order valence-corrected chi connectivity index (χ0v) is 9.84. The van der Waals surface area contributed by atoms with E-state index in [0.717, 1.165) is 18.4 Å². The van der Waals surface area contributed by atoms with Gasteiger partial charge in [-0.3, -0.25) is 0 Å². The second-order valence-electron chi connectivity index (χ2n) is 5.18. The van der Waals surface area contributed by atoms with Crippen molar-refractivity contribution in [2.24, 2.45) is 5.73 Å². The zero-order valence-electron chi connectivity index (χ0n) is 9.84. The van der Waals surface area contributed by atoms with Crippen molar-refractivity contribution in [3.05, 3.63) is 29.8 Å². The molecule has 17 heavy (non-hydrogen) atoms. The lowest BCUT2D eigenvalue weighted by Gasteiger charge is -2.39. The summed E-state index contributed by atoms with van der Waals surface area (Å²) in [6.07, 6.45) is 4.74. The predicted molar refractivity (Wildman–Crippen MR) is 67.7 cm³/mol. The summed E-state index contributed by atoms with van der Waals surface area (Å²) >= 11 is 0. The van der Waals surface area contributed by atoms with E-state index >= 15 is 0 Å². The first-order valence-corrected chi connectivity index (χ1v) is 6.32. The van der Waals surface area contributed by atoms with Gasteiger partial charge in [0.2, 0.25) is 0 Å². The van der Waals surface area contributed by atoms with Crippen LogP contribution in [0.5, 0.6) is 0 Å². The van der Waals surface area contributed by atoms with Gasteiger partial charge in [0.1, 0.15) is 0 Å². The van der Waals surface area contributed by atoms with Crippen molar-refractivity contribution >= 4 is 5.69 Å². The average molecular weight is 227 g/mol. The molecule has 0 amide bonds. The summed E-state index contributed by atoms with van der Waals surface area (Å²) < 4.78 is 0. The maximum Gasteiger partial charge on any atom is 0.0991 e. The van der Waals surface area contributed by atoms with Crippen molar-refractivity contribution < 1.29 is 0 Å². The fourth-order valence-corrected chi connectivity index (χ4v) is 3.35. The van der Waals surface area contributed by atoms with E-state index in [1.807, 2.05) is 12.1 Å². The molecule has 2 aliphatic heterocycles. The Hall–Kier alpha value is -1.53. The number of fused-ring (bicyclic) bond motifs is 2. The molecule has 88 valence electrons. The first kappa shape index (κ1) is 10.6. The number of benzene rings is 1. The van der Waals surface area contributed by atoms with Crippen molar-refractivity contribution in [2.45, 2.75) is 43.8 Å². The molecule has 0 aromatic heterocycles. The Morgan fingerprint density at radius 1 is 1.12 bits per heavy atom. The molecule has 2 unspecified atom stereocenters. The van der Waals surface area contributed by atoms with E-state index in [9.17, 15) is 0 Å². The quantitative estimate of drug-likeness (QED) is 0.798. The minimum Gasteiger partial charge on any atom is -0.365 e. The predicted octanol–water partition coefficient (Wildman–Crippen LogP) is 2.02. The molecule has 0 aliphatic carbocycles. The summed E-state index contributed by atoms with van der Waals surface area (Å²) in [6, 6.07) is 11.7. The maximum absolute atomic E-state index is 8.81. The Bertz CT molecular complexity index is 432. The van der Waals surface area contributed by atoms with Crippen LogP contribution >= 0.6 is 0 Å². The lowest BCUT2D eigenvalue weighted by atomic mass is 9.97. The third-order valence-electron chi connectivity index (χ3n) is 4.06. The highest BCUT2D eigenvalue weighted by molar-refractivity contribution is 5.53. The van der Waals surface area contributed by atoms with E-state index < -0.39 is 0 Å². The van der Waals surface area contributed by atoms with Crippen LogP contribution in [-0.4, -0.2) is 18.1 Å². The summed E-state index contributed by atoms with van der Waals surface area (Å²) in [6.45, 7) is 0. The standard InChI is InChI=1S/C14H17N3/c15-9-10-1-3-12(4-2-10)17-13-5-6-14(17)8-11(16)7-13/h1-4,11,13-14H,5-8,16H2. The summed E-state index contributed by atoms with van der Waals surface area (Å²) in [4.78, 5) is 2.52. The zero-order chi connectivity index (χ0) is 11.8. The van der Waals surface area contributed by atoms with Crippen LogP contribution < -0.4 is 10.6 Å². The largest absolute Gasteiger partial charge is 0.365 e. The molecule has 2 saturated heterocycles. The van der Waals surface area contributed by atoms with Crippen molar-refractivity contribution in [3.63, 3.8) is 0 Å². The lowest BCUT2D eigenvalue weighted by Crippen LogP contribution is -2.47. The molecule has 3 nitrogen and oxygen atoms in total. The fourth-order valence-electron chi connectivity index (χ4n) is 3.35. The van der Waals surface area contributed by atoms with Gasteiger partial charge in [-0.25, -0.2) is 0 Å². The Morgan fingerprint density at radius 2 is 1.71 bits per heavy atom. The molecule has 2 aliphatic rings. The monoisotopic (exact) mass is 227 g/mol. The van der Waals surface area contributed by atoms with Crippen LogP contribution in [0, 0.1) is 11.3 Å². The van der Waals surface area contributed by atoms with Crippen LogP contribution in [-0.2, 0) is 0 Å². The minimum atomic E-state index is 0.377. The number of nitrogens with two attached hydrogens (primary N) is 1. The summed E-state index contributed by atoms with van der Waals surface area (Å²) in [5, 5.41) is 8.81. The molecule has 0 radical (unpaired) electrons. The number of nitriles is 1. The molecular weight excluding hydrogens is 210 g/mol. The second-order valence-corrected chi connectivity index (χ2v) is 5.18. The highest BCUT2D eigenvalue weighted by Gasteiger charge is 2.39. The van der Waals surface area contributed by atoms with Crippen LogP contribution in [0.3, 0.4) is 0 Å². The van der Waals surface area contributed by atoms with E-state index in [2.05, 4.69) is 23.1 Å². The van der Waals surface area contributed by atoms with E-state index in [1.165, 1.54) is 18.5 Å². The molecule has 3 heteroatoms. The Morgan fingerprint density at radius 3 is 2.24 bits per heavy atom. The van der Waals surface area contributed by atoms with Gasteiger partial charge in [0.15, 0.2) is 0 Å². The van der Waals surface area contributed by atoms with Crippen LogP contribution in [0.4, 0.5) is 5.69 Å². The van der Waals surface area contributed by atoms with Crippen LogP contribution in [0.15, 0.2) is 24.3 Å². The fraction of sp³-hybridized carbons (Fsp3) is 0.500. The van der Waals surface area contributed by atoms with Gasteiger partial charge < -0.3 is 10.6 Å². The minimum absolute atomic E-state index is 0.377. The van der Waals surface area contributed by atoms with E-state index in [0.29, 0.717) is 18.1 Å².